The van der Waals surface area contributed by atoms with Gasteiger partial charge >= 0.3 is 0 Å². The molecular weight excluding hydrogens is 244 g/mol. The Balaban J connectivity index is 2.56. The molecule has 2 rings (SSSR count). The molecule has 9 heteroatoms. The summed E-state index contributed by atoms with van der Waals surface area (Å²) in [6.45, 7) is 2.83. The minimum absolute atomic E-state index is 0.0533. The van der Waals surface area contributed by atoms with E-state index in [0.29, 0.717) is 0 Å². The Morgan fingerprint density at radius 1 is 1.33 bits per heavy atom. The number of hydrogen-bond acceptors (Lipinski definition) is 7. The van der Waals surface area contributed by atoms with E-state index < -0.39 is 21.3 Å². The van der Waals surface area contributed by atoms with E-state index >= 15 is 0 Å². The third-order valence-electron chi connectivity index (χ3n) is 2.93. The predicted molar refractivity (Wildman–Crippen MR) is 58.4 cm³/mol. The summed E-state index contributed by atoms with van der Waals surface area (Å²) >= 11 is 0. The van der Waals surface area contributed by atoms with E-state index in [-0.39, 0.29) is 17.1 Å². The van der Waals surface area contributed by atoms with Gasteiger partial charge in [-0.05, 0) is 5.16 Å². The van der Waals surface area contributed by atoms with Gasteiger partial charge in [-0.3, -0.25) is 10.1 Å². The Morgan fingerprint density at radius 3 is 2.56 bits per heavy atom. The maximum Gasteiger partial charge on any atom is 0.253 e. The summed E-state index contributed by atoms with van der Waals surface area (Å²) in [5, 5.41) is 39.6. The van der Waals surface area contributed by atoms with Crippen LogP contribution < -0.4 is 0 Å². The molecule has 0 aromatic carbocycles. The van der Waals surface area contributed by atoms with Crippen molar-refractivity contribution >= 4 is 5.71 Å². The van der Waals surface area contributed by atoms with Crippen molar-refractivity contribution in [3.05, 3.63) is 44.1 Å². The van der Waals surface area contributed by atoms with Gasteiger partial charge in [0.05, 0.1) is 5.92 Å². The summed E-state index contributed by atoms with van der Waals surface area (Å²) in [6, 6.07) is 0. The van der Waals surface area contributed by atoms with E-state index in [1.807, 2.05) is 0 Å². The highest BCUT2D eigenvalue weighted by atomic mass is 16.8. The number of rotatable bonds is 2. The Labute approximate surface area is 101 Å². The van der Waals surface area contributed by atoms with Crippen molar-refractivity contribution in [3.8, 4) is 0 Å². The molecule has 9 nitrogen and oxygen atoms in total. The SMILES string of the molecule is CC(C)(C1C=CC(=[N+]([O-])[O-])c2nonc21)[N+](=O)[O-]. The standard InChI is InChI=1S/C9H9N4O5/c1-9(2,13(16)17)5-3-4-6(12(14)15)8-7(5)10-18-11-8/h3-5H,1-2H3/q-1. The molecule has 0 fully saturated rings. The maximum atomic E-state index is 11.0. The lowest BCUT2D eigenvalue weighted by Crippen LogP contribution is -2.39. The third-order valence-corrected chi connectivity index (χ3v) is 2.93. The number of nitro groups is 1. The van der Waals surface area contributed by atoms with Gasteiger partial charge in [0, 0.05) is 24.8 Å². The van der Waals surface area contributed by atoms with Gasteiger partial charge < -0.3 is 10.4 Å². The minimum atomic E-state index is -1.36. The molecule has 1 aliphatic carbocycles. The zero-order chi connectivity index (χ0) is 13.5. The third kappa shape index (κ3) is 1.60. The number of fused-ring (bicyclic) bond motifs is 1. The minimum Gasteiger partial charge on any atom is -0.612 e. The summed E-state index contributed by atoms with van der Waals surface area (Å²) in [4.78, 5) is 9.93. The van der Waals surface area contributed by atoms with E-state index in [4.69, 9.17) is 0 Å². The van der Waals surface area contributed by atoms with E-state index in [1.54, 1.807) is 0 Å². The Morgan fingerprint density at radius 2 is 2.00 bits per heavy atom. The summed E-state index contributed by atoms with van der Waals surface area (Å²) in [5.74, 6) is -0.725. The summed E-state index contributed by atoms with van der Waals surface area (Å²) < 4.78 is 4.47. The summed E-state index contributed by atoms with van der Waals surface area (Å²) in [7, 11) is 0. The second kappa shape index (κ2) is 3.79. The summed E-state index contributed by atoms with van der Waals surface area (Å²) in [5.41, 5.74) is -1.57. The van der Waals surface area contributed by atoms with Crippen LogP contribution in [-0.2, 0) is 0 Å². The van der Waals surface area contributed by atoms with Crippen LogP contribution in [0.25, 0.3) is 0 Å². The predicted octanol–water partition coefficient (Wildman–Crippen LogP) is 0.575. The van der Waals surface area contributed by atoms with Gasteiger partial charge in [0.25, 0.3) is 5.71 Å². The van der Waals surface area contributed by atoms with Crippen LogP contribution in [0.15, 0.2) is 16.8 Å². The number of nitrogens with zero attached hydrogens (tertiary/aromatic N) is 4. The van der Waals surface area contributed by atoms with Gasteiger partial charge in [-0.25, -0.2) is 4.63 Å². The van der Waals surface area contributed by atoms with Gasteiger partial charge in [0.15, 0.2) is 0 Å². The molecule has 1 aromatic rings. The molecule has 1 heterocycles. The normalized spacial score (nSPS) is 18.6. The Kier molecular flexibility index (Phi) is 2.53. The van der Waals surface area contributed by atoms with Crippen LogP contribution in [0.1, 0.15) is 31.2 Å². The van der Waals surface area contributed by atoms with Crippen LogP contribution in [0.2, 0.25) is 0 Å². The molecule has 0 radical (unpaired) electrons. The molecule has 1 aromatic heterocycles. The molecule has 0 N–H and O–H groups in total. The highest BCUT2D eigenvalue weighted by Gasteiger charge is 2.46. The van der Waals surface area contributed by atoms with Gasteiger partial charge in [-0.15, -0.1) is 0 Å². The van der Waals surface area contributed by atoms with E-state index in [2.05, 4.69) is 14.9 Å². The van der Waals surface area contributed by atoms with E-state index in [0.717, 1.165) is 0 Å². The molecule has 96 valence electrons. The number of hydrogen-bond donors (Lipinski definition) is 0. The maximum absolute atomic E-state index is 11.0. The number of allylic oxidation sites excluding steroid dienone is 1. The second-order valence-electron chi connectivity index (χ2n) is 4.39. The van der Waals surface area contributed by atoms with Crippen LogP contribution in [0.5, 0.6) is 0 Å². The van der Waals surface area contributed by atoms with Crippen molar-refractivity contribution in [1.29, 1.82) is 0 Å². The van der Waals surface area contributed by atoms with Crippen molar-refractivity contribution in [2.45, 2.75) is 25.3 Å². The molecule has 0 saturated heterocycles. The van der Waals surface area contributed by atoms with Crippen LogP contribution in [0.3, 0.4) is 0 Å². The van der Waals surface area contributed by atoms with Crippen molar-refractivity contribution in [3.63, 3.8) is 0 Å². The van der Waals surface area contributed by atoms with Crippen molar-refractivity contribution in [2.24, 2.45) is 0 Å². The fourth-order valence-corrected chi connectivity index (χ4v) is 1.77. The average Bonchev–Trinajstić information content (AvgIpc) is 2.75. The van der Waals surface area contributed by atoms with Crippen molar-refractivity contribution in [1.82, 2.24) is 10.3 Å². The second-order valence-corrected chi connectivity index (χ2v) is 4.39. The lowest BCUT2D eigenvalue weighted by Gasteiger charge is -2.24. The molecule has 1 unspecified atom stereocenters. The molecule has 0 spiro atoms. The Bertz CT molecular complexity index is 555. The molecule has 18 heavy (non-hydrogen) atoms. The van der Waals surface area contributed by atoms with E-state index in [9.17, 15) is 20.5 Å². The van der Waals surface area contributed by atoms with Crippen LogP contribution in [-0.4, -0.2) is 31.4 Å². The van der Waals surface area contributed by atoms with Crippen molar-refractivity contribution in [2.75, 3.05) is 0 Å². The molecule has 0 bridgehead atoms. The van der Waals surface area contributed by atoms with E-state index in [1.165, 1.54) is 26.0 Å². The highest BCUT2D eigenvalue weighted by molar-refractivity contribution is 6.06. The zero-order valence-electron chi connectivity index (χ0n) is 9.56. The van der Waals surface area contributed by atoms with Crippen molar-refractivity contribution < 1.29 is 14.5 Å². The monoisotopic (exact) mass is 253 g/mol. The van der Waals surface area contributed by atoms with Crippen LogP contribution in [0.4, 0.5) is 0 Å². The van der Waals surface area contributed by atoms with Gasteiger partial charge in [0.1, 0.15) is 5.69 Å². The van der Waals surface area contributed by atoms with Gasteiger partial charge in [0.2, 0.25) is 11.2 Å². The largest absolute Gasteiger partial charge is 0.612 e. The molecule has 1 atom stereocenters. The van der Waals surface area contributed by atoms with Crippen LogP contribution in [0, 0.1) is 20.5 Å². The molecule has 0 aliphatic heterocycles. The fraction of sp³-hybridized carbons (Fsp3) is 0.444. The smallest absolute Gasteiger partial charge is 0.253 e. The van der Waals surface area contributed by atoms with Crippen LogP contribution >= 0.6 is 0 Å². The first-order chi connectivity index (χ1) is 8.35. The topological polar surface area (TPSA) is 131 Å². The molecule has 1 aliphatic rings. The lowest BCUT2D eigenvalue weighted by molar-refractivity contribution is -0.563. The quantitative estimate of drug-likeness (QED) is 0.427. The number of aromatic nitrogens is 2. The molecule has 0 saturated carbocycles. The first-order valence-corrected chi connectivity index (χ1v) is 5.02. The lowest BCUT2D eigenvalue weighted by atomic mass is 9.81. The first-order valence-electron chi connectivity index (χ1n) is 5.02. The fourth-order valence-electron chi connectivity index (χ4n) is 1.77. The average molecular weight is 253 g/mol. The molecular formula is C9H9N4O5-. The first kappa shape index (κ1) is 12.0. The van der Waals surface area contributed by atoms with Gasteiger partial charge in [-0.2, -0.15) is 4.90 Å². The summed E-state index contributed by atoms with van der Waals surface area (Å²) in [6.07, 6.45) is 2.58. The Hall–Kier alpha value is -2.45. The molecule has 0 amide bonds. The van der Waals surface area contributed by atoms with Gasteiger partial charge in [-0.1, -0.05) is 11.2 Å². The highest BCUT2D eigenvalue weighted by Crippen LogP contribution is 2.35. The zero-order valence-corrected chi connectivity index (χ0v) is 9.56.